The molecule has 0 aliphatic carbocycles. The quantitative estimate of drug-likeness (QED) is 0.730. The molecule has 1 aromatic rings. The standard InChI is InChI=1S/C14H22N2O2/c1-12(2)15-9-6-10-18-14(17)16-11-13-7-4-3-5-8-13/h3-5,7-8,12,15H,6,9-11H2,1-2H3,(H,16,17). The molecule has 0 saturated carbocycles. The number of nitrogens with one attached hydrogen (secondary N) is 2. The van der Waals surface area contributed by atoms with E-state index in [9.17, 15) is 4.79 Å². The van der Waals surface area contributed by atoms with E-state index in [4.69, 9.17) is 4.74 Å². The van der Waals surface area contributed by atoms with Gasteiger partial charge in [0.05, 0.1) is 6.61 Å². The van der Waals surface area contributed by atoms with E-state index in [2.05, 4.69) is 24.5 Å². The Morgan fingerprint density at radius 3 is 2.67 bits per heavy atom. The second-order valence-electron chi connectivity index (χ2n) is 4.44. The topological polar surface area (TPSA) is 50.4 Å². The number of benzene rings is 1. The fourth-order valence-electron chi connectivity index (χ4n) is 1.45. The minimum absolute atomic E-state index is 0.358. The number of rotatable bonds is 7. The molecule has 0 fully saturated rings. The minimum atomic E-state index is -0.358. The molecule has 1 rings (SSSR count). The van der Waals surface area contributed by atoms with Crippen LogP contribution in [0.3, 0.4) is 0 Å². The Morgan fingerprint density at radius 1 is 1.28 bits per heavy atom. The number of amides is 1. The summed E-state index contributed by atoms with van der Waals surface area (Å²) in [4.78, 5) is 11.4. The Bertz CT molecular complexity index is 339. The molecule has 0 saturated heterocycles. The predicted octanol–water partition coefficient (Wildman–Crippen LogP) is 2.30. The molecule has 0 aliphatic rings. The summed E-state index contributed by atoms with van der Waals surface area (Å²) in [5.74, 6) is 0. The Labute approximate surface area is 109 Å². The first-order valence-corrected chi connectivity index (χ1v) is 6.36. The number of carbonyl (C=O) groups excluding carboxylic acids is 1. The summed E-state index contributed by atoms with van der Waals surface area (Å²) in [6.07, 6.45) is 0.472. The molecule has 0 spiro atoms. The molecule has 0 bridgehead atoms. The fraction of sp³-hybridized carbons (Fsp3) is 0.500. The van der Waals surface area contributed by atoms with E-state index in [1.54, 1.807) is 0 Å². The summed E-state index contributed by atoms with van der Waals surface area (Å²) >= 11 is 0. The summed E-state index contributed by atoms with van der Waals surface area (Å²) in [6, 6.07) is 10.2. The van der Waals surface area contributed by atoms with Gasteiger partial charge >= 0.3 is 6.09 Å². The summed E-state index contributed by atoms with van der Waals surface area (Å²) < 4.78 is 5.06. The second kappa shape index (κ2) is 8.53. The van der Waals surface area contributed by atoms with E-state index in [1.807, 2.05) is 30.3 Å². The molecule has 0 atom stereocenters. The van der Waals surface area contributed by atoms with Crippen LogP contribution in [0.5, 0.6) is 0 Å². The smallest absolute Gasteiger partial charge is 0.407 e. The van der Waals surface area contributed by atoms with Crippen molar-refractivity contribution < 1.29 is 9.53 Å². The van der Waals surface area contributed by atoms with Crippen LogP contribution >= 0.6 is 0 Å². The lowest BCUT2D eigenvalue weighted by atomic mass is 10.2. The average Bonchev–Trinajstić information content (AvgIpc) is 2.37. The van der Waals surface area contributed by atoms with Crippen molar-refractivity contribution in [1.29, 1.82) is 0 Å². The van der Waals surface area contributed by atoms with E-state index in [-0.39, 0.29) is 6.09 Å². The second-order valence-corrected chi connectivity index (χ2v) is 4.44. The van der Waals surface area contributed by atoms with Crippen molar-refractivity contribution in [3.8, 4) is 0 Å². The number of hydrogen-bond acceptors (Lipinski definition) is 3. The van der Waals surface area contributed by atoms with Gasteiger partial charge in [0.2, 0.25) is 0 Å². The highest BCUT2D eigenvalue weighted by atomic mass is 16.5. The molecular formula is C14H22N2O2. The summed E-state index contributed by atoms with van der Waals surface area (Å²) in [6.45, 7) is 5.99. The van der Waals surface area contributed by atoms with Crippen LogP contribution in [-0.4, -0.2) is 25.3 Å². The molecule has 2 N–H and O–H groups in total. The summed E-state index contributed by atoms with van der Waals surface area (Å²) in [5, 5.41) is 5.98. The third-order valence-electron chi connectivity index (χ3n) is 2.39. The highest BCUT2D eigenvalue weighted by Gasteiger charge is 2.01. The first kappa shape index (κ1) is 14.5. The zero-order valence-corrected chi connectivity index (χ0v) is 11.1. The molecule has 0 heterocycles. The lowest BCUT2D eigenvalue weighted by Gasteiger charge is -2.09. The van der Waals surface area contributed by atoms with Crippen molar-refractivity contribution in [2.75, 3.05) is 13.2 Å². The molecule has 0 aliphatic heterocycles. The zero-order valence-electron chi connectivity index (χ0n) is 11.1. The number of alkyl carbamates (subject to hydrolysis) is 1. The first-order chi connectivity index (χ1) is 8.68. The largest absolute Gasteiger partial charge is 0.450 e. The van der Waals surface area contributed by atoms with Crippen molar-refractivity contribution >= 4 is 6.09 Å². The van der Waals surface area contributed by atoms with Crippen molar-refractivity contribution in [2.24, 2.45) is 0 Å². The molecule has 1 amide bonds. The Kier molecular flexibility index (Phi) is 6.87. The number of hydrogen-bond donors (Lipinski definition) is 2. The molecule has 1 aromatic carbocycles. The van der Waals surface area contributed by atoms with Gasteiger partial charge in [0.1, 0.15) is 0 Å². The fourth-order valence-corrected chi connectivity index (χ4v) is 1.45. The van der Waals surface area contributed by atoms with Crippen molar-refractivity contribution in [3.63, 3.8) is 0 Å². The van der Waals surface area contributed by atoms with Crippen LogP contribution in [0, 0.1) is 0 Å². The van der Waals surface area contributed by atoms with Gasteiger partial charge in [-0.05, 0) is 18.5 Å². The van der Waals surface area contributed by atoms with Gasteiger partial charge in [-0.3, -0.25) is 0 Å². The van der Waals surface area contributed by atoms with E-state index in [0.717, 1.165) is 18.5 Å². The lowest BCUT2D eigenvalue weighted by molar-refractivity contribution is 0.144. The molecule has 0 aromatic heterocycles. The van der Waals surface area contributed by atoms with Gasteiger partial charge < -0.3 is 15.4 Å². The van der Waals surface area contributed by atoms with Gasteiger partial charge in [0.25, 0.3) is 0 Å². The number of carbonyl (C=O) groups is 1. The highest BCUT2D eigenvalue weighted by Crippen LogP contribution is 1.97. The SMILES string of the molecule is CC(C)NCCCOC(=O)NCc1ccccc1. The van der Waals surface area contributed by atoms with Crippen LogP contribution in [0.15, 0.2) is 30.3 Å². The third-order valence-corrected chi connectivity index (χ3v) is 2.39. The van der Waals surface area contributed by atoms with Crippen LogP contribution in [0.4, 0.5) is 4.79 Å². The average molecular weight is 250 g/mol. The molecule has 18 heavy (non-hydrogen) atoms. The summed E-state index contributed by atoms with van der Waals surface area (Å²) in [7, 11) is 0. The normalized spacial score (nSPS) is 10.4. The predicted molar refractivity (Wildman–Crippen MR) is 72.4 cm³/mol. The van der Waals surface area contributed by atoms with Crippen molar-refractivity contribution in [3.05, 3.63) is 35.9 Å². The summed E-state index contributed by atoms with van der Waals surface area (Å²) in [5.41, 5.74) is 1.07. The molecule has 0 unspecified atom stereocenters. The monoisotopic (exact) mass is 250 g/mol. The van der Waals surface area contributed by atoms with Gasteiger partial charge in [0.15, 0.2) is 0 Å². The van der Waals surface area contributed by atoms with Crippen LogP contribution in [0.25, 0.3) is 0 Å². The van der Waals surface area contributed by atoms with Gasteiger partial charge in [-0.25, -0.2) is 4.79 Å². The lowest BCUT2D eigenvalue weighted by Crippen LogP contribution is -2.27. The van der Waals surface area contributed by atoms with E-state index in [0.29, 0.717) is 19.2 Å². The Morgan fingerprint density at radius 2 is 2.00 bits per heavy atom. The molecule has 0 radical (unpaired) electrons. The molecular weight excluding hydrogens is 228 g/mol. The first-order valence-electron chi connectivity index (χ1n) is 6.36. The van der Waals surface area contributed by atoms with E-state index in [1.165, 1.54) is 0 Å². The van der Waals surface area contributed by atoms with E-state index < -0.39 is 0 Å². The Hall–Kier alpha value is -1.55. The van der Waals surface area contributed by atoms with E-state index >= 15 is 0 Å². The molecule has 4 nitrogen and oxygen atoms in total. The van der Waals surface area contributed by atoms with Gasteiger partial charge in [-0.1, -0.05) is 44.2 Å². The van der Waals surface area contributed by atoms with Crippen LogP contribution in [0.1, 0.15) is 25.8 Å². The van der Waals surface area contributed by atoms with Crippen molar-refractivity contribution in [2.45, 2.75) is 32.9 Å². The molecule has 100 valence electrons. The maximum absolute atomic E-state index is 11.4. The van der Waals surface area contributed by atoms with Gasteiger partial charge in [-0.15, -0.1) is 0 Å². The van der Waals surface area contributed by atoms with Crippen LogP contribution < -0.4 is 10.6 Å². The third kappa shape index (κ3) is 6.91. The maximum Gasteiger partial charge on any atom is 0.407 e. The highest BCUT2D eigenvalue weighted by molar-refractivity contribution is 5.67. The molecule has 4 heteroatoms. The van der Waals surface area contributed by atoms with Gasteiger partial charge in [-0.2, -0.15) is 0 Å². The van der Waals surface area contributed by atoms with Gasteiger partial charge in [0, 0.05) is 12.6 Å². The van der Waals surface area contributed by atoms with Crippen molar-refractivity contribution in [1.82, 2.24) is 10.6 Å². The zero-order chi connectivity index (χ0) is 13.2. The Balaban J connectivity index is 2.04. The van der Waals surface area contributed by atoms with Crippen LogP contribution in [0.2, 0.25) is 0 Å². The number of ether oxygens (including phenoxy) is 1. The maximum atomic E-state index is 11.4. The van der Waals surface area contributed by atoms with Crippen LogP contribution in [-0.2, 0) is 11.3 Å². The minimum Gasteiger partial charge on any atom is -0.450 e.